The summed E-state index contributed by atoms with van der Waals surface area (Å²) >= 11 is 10.7. The van der Waals surface area contributed by atoms with Crippen LogP contribution in [0.15, 0.2) is 93.9 Å². The zero-order valence-electron chi connectivity index (χ0n) is 25.8. The van der Waals surface area contributed by atoms with Gasteiger partial charge in [0.2, 0.25) is 0 Å². The minimum atomic E-state index is -4.67. The Morgan fingerprint density at radius 1 is 0.979 bits per heavy atom. The number of halogens is 5. The van der Waals surface area contributed by atoms with E-state index < -0.39 is 33.4 Å². The number of sulfonamides is 1. The Kier molecular flexibility index (Phi) is 12.3. The van der Waals surface area contributed by atoms with Crippen molar-refractivity contribution in [3.05, 3.63) is 122 Å². The van der Waals surface area contributed by atoms with Gasteiger partial charge in [0, 0.05) is 12.0 Å². The van der Waals surface area contributed by atoms with E-state index in [0.29, 0.717) is 45.8 Å². The van der Waals surface area contributed by atoms with Crippen molar-refractivity contribution in [2.75, 3.05) is 5.34 Å². The van der Waals surface area contributed by atoms with Crippen LogP contribution in [0.1, 0.15) is 52.0 Å². The minimum absolute atomic E-state index is 0.0442. The van der Waals surface area contributed by atoms with E-state index in [2.05, 4.69) is 9.82 Å². The predicted molar refractivity (Wildman–Crippen MR) is 183 cm³/mol. The van der Waals surface area contributed by atoms with E-state index in [1.165, 1.54) is 28.8 Å². The second-order valence-electron chi connectivity index (χ2n) is 10.5. The highest BCUT2D eigenvalue weighted by Gasteiger charge is 2.35. The van der Waals surface area contributed by atoms with Crippen LogP contribution in [-0.2, 0) is 29.2 Å². The van der Waals surface area contributed by atoms with Crippen molar-refractivity contribution < 1.29 is 26.4 Å². The Hall–Kier alpha value is -3.91. The third kappa shape index (κ3) is 8.56. The lowest BCUT2D eigenvalue weighted by atomic mass is 10.0. The number of aryl methyl sites for hydroxylation is 2. The van der Waals surface area contributed by atoms with Gasteiger partial charge in [0.25, 0.3) is 15.9 Å². The zero-order valence-corrected chi connectivity index (χ0v) is 28.9. The molecule has 2 aromatic heterocycles. The first-order valence-corrected chi connectivity index (χ1v) is 18.0. The van der Waals surface area contributed by atoms with Gasteiger partial charge in [-0.2, -0.15) is 17.9 Å². The molecule has 0 atom stereocenters. The normalized spacial score (nSPS) is 11.6. The van der Waals surface area contributed by atoms with Gasteiger partial charge >= 0.3 is 11.9 Å². The first kappa shape index (κ1) is 36.9. The molecule has 0 spiro atoms. The fourth-order valence-electron chi connectivity index (χ4n) is 4.91. The molecule has 2 heterocycles. The van der Waals surface area contributed by atoms with Crippen LogP contribution in [-0.4, -0.2) is 34.0 Å². The Morgan fingerprint density at radius 3 is 2.25 bits per heavy atom. The molecule has 0 saturated heterocycles. The number of amides is 1. The summed E-state index contributed by atoms with van der Waals surface area (Å²) in [4.78, 5) is 26.4. The Labute approximate surface area is 289 Å². The average molecular weight is 740 g/mol. The molecule has 1 N–H and O–H groups in total. The minimum Gasteiger partial charge on any atom is -0.274 e. The van der Waals surface area contributed by atoms with E-state index in [1.54, 1.807) is 60.8 Å². The lowest BCUT2D eigenvalue weighted by Crippen LogP contribution is -2.30. The second-order valence-corrected chi connectivity index (χ2v) is 13.9. The number of unbranched alkanes of at least 4 members (excludes halogenated alkanes) is 1. The fraction of sp³-hybridized carbons (Fsp3) is 0.242. The summed E-state index contributed by atoms with van der Waals surface area (Å²) in [5, 5.41) is 6.21. The van der Waals surface area contributed by atoms with Crippen molar-refractivity contribution >= 4 is 50.5 Å². The van der Waals surface area contributed by atoms with E-state index in [9.17, 15) is 31.2 Å². The SMILES string of the molecule is CCCCc1nn(-c2ccccc2C(F)(F)F)c(=O)n1Cc1ccc(-c2ccccc2S(=O)(=O)NC(=O)c2sccc2C)cc1.ClCCl. The molecule has 8 nitrogen and oxygen atoms in total. The molecule has 1 amide bonds. The molecular formula is C33H31Cl2F3N4O4S2. The van der Waals surface area contributed by atoms with Crippen LogP contribution in [0.3, 0.4) is 0 Å². The van der Waals surface area contributed by atoms with Crippen molar-refractivity contribution in [1.82, 2.24) is 19.1 Å². The van der Waals surface area contributed by atoms with Crippen molar-refractivity contribution in [3.8, 4) is 16.8 Å². The highest BCUT2D eigenvalue weighted by molar-refractivity contribution is 7.90. The molecule has 5 rings (SSSR count). The Balaban J connectivity index is 0.00000167. The zero-order chi connectivity index (χ0) is 35.1. The second kappa shape index (κ2) is 16.0. The molecular weight excluding hydrogens is 708 g/mol. The largest absolute Gasteiger partial charge is 0.418 e. The molecule has 0 radical (unpaired) electrons. The molecule has 0 bridgehead atoms. The third-order valence-electron chi connectivity index (χ3n) is 7.21. The third-order valence-corrected chi connectivity index (χ3v) is 9.61. The summed E-state index contributed by atoms with van der Waals surface area (Å²) in [5.74, 6) is -0.355. The van der Waals surface area contributed by atoms with Crippen LogP contribution in [0, 0.1) is 6.92 Å². The number of hydrogen-bond acceptors (Lipinski definition) is 6. The lowest BCUT2D eigenvalue weighted by molar-refractivity contribution is -0.137. The molecule has 0 aliphatic rings. The van der Waals surface area contributed by atoms with Gasteiger partial charge < -0.3 is 0 Å². The van der Waals surface area contributed by atoms with E-state index in [0.717, 1.165) is 28.5 Å². The molecule has 0 unspecified atom stereocenters. The summed E-state index contributed by atoms with van der Waals surface area (Å²) in [6, 6.07) is 19.6. The van der Waals surface area contributed by atoms with Gasteiger partial charge in [-0.15, -0.1) is 39.6 Å². The molecule has 48 heavy (non-hydrogen) atoms. The monoisotopic (exact) mass is 738 g/mol. The number of hydrogen-bond donors (Lipinski definition) is 1. The maximum Gasteiger partial charge on any atom is 0.418 e. The van der Waals surface area contributed by atoms with Crippen LogP contribution in [0.4, 0.5) is 13.2 Å². The highest BCUT2D eigenvalue weighted by Crippen LogP contribution is 2.33. The predicted octanol–water partition coefficient (Wildman–Crippen LogP) is 8.02. The number of alkyl halides is 5. The molecule has 254 valence electrons. The summed E-state index contributed by atoms with van der Waals surface area (Å²) in [6.45, 7) is 3.73. The highest BCUT2D eigenvalue weighted by atomic mass is 35.5. The van der Waals surface area contributed by atoms with Crippen molar-refractivity contribution in [2.24, 2.45) is 0 Å². The van der Waals surface area contributed by atoms with E-state index in [1.807, 2.05) is 6.92 Å². The summed E-state index contributed by atoms with van der Waals surface area (Å²) < 4.78 is 72.1. The molecule has 0 aliphatic carbocycles. The Bertz CT molecular complexity index is 2040. The molecule has 5 aromatic rings. The number of carbonyl (C=O) groups is 1. The van der Waals surface area contributed by atoms with Gasteiger partial charge in [-0.3, -0.25) is 9.36 Å². The fourth-order valence-corrected chi connectivity index (χ4v) is 6.99. The maximum atomic E-state index is 13.7. The first-order chi connectivity index (χ1) is 22.8. The molecule has 0 saturated carbocycles. The summed E-state index contributed by atoms with van der Waals surface area (Å²) in [5.41, 5.74) is 0.236. The van der Waals surface area contributed by atoms with E-state index in [4.69, 9.17) is 23.2 Å². The topological polar surface area (TPSA) is 103 Å². The van der Waals surface area contributed by atoms with Gasteiger partial charge in [0.1, 0.15) is 5.82 Å². The number of rotatable bonds is 10. The molecule has 3 aromatic carbocycles. The first-order valence-electron chi connectivity index (χ1n) is 14.6. The van der Waals surface area contributed by atoms with Crippen molar-refractivity contribution in [2.45, 2.75) is 50.7 Å². The molecule has 0 fully saturated rings. The number of aromatic nitrogens is 3. The van der Waals surface area contributed by atoms with Crippen LogP contribution in [0.25, 0.3) is 16.8 Å². The van der Waals surface area contributed by atoms with Gasteiger partial charge in [-0.25, -0.2) is 17.9 Å². The Morgan fingerprint density at radius 2 is 1.62 bits per heavy atom. The van der Waals surface area contributed by atoms with E-state index >= 15 is 0 Å². The lowest BCUT2D eigenvalue weighted by Gasteiger charge is -2.12. The standard InChI is InChI=1S/C32H29F3N4O4S2.CH2Cl2/c1-3-4-13-28-36-39(26-11-7-6-10-25(26)32(33,34)35)31(41)38(28)20-22-14-16-23(17-15-22)24-9-5-8-12-27(24)45(42,43)37-30(40)29-21(2)18-19-44-29;2-1-3/h5-12,14-19H,3-4,13,20H2,1-2H3,(H,37,40);1H2. The summed E-state index contributed by atoms with van der Waals surface area (Å²) in [7, 11) is -4.23. The number of nitrogens with zero attached hydrogens (tertiary/aromatic N) is 3. The van der Waals surface area contributed by atoms with Crippen LogP contribution in [0.2, 0.25) is 0 Å². The van der Waals surface area contributed by atoms with Gasteiger partial charge in [-0.05, 0) is 59.7 Å². The molecule has 0 aliphatic heterocycles. The number of benzene rings is 3. The van der Waals surface area contributed by atoms with Crippen LogP contribution in [0.5, 0.6) is 0 Å². The van der Waals surface area contributed by atoms with Gasteiger partial charge in [0.05, 0.1) is 32.9 Å². The number of para-hydroxylation sites is 1. The maximum absolute atomic E-state index is 13.7. The smallest absolute Gasteiger partial charge is 0.274 e. The van der Waals surface area contributed by atoms with Crippen LogP contribution < -0.4 is 10.4 Å². The number of carbonyl (C=O) groups excluding carboxylic acids is 1. The summed E-state index contributed by atoms with van der Waals surface area (Å²) in [6.07, 6.45) is -2.80. The number of thiophene rings is 1. The van der Waals surface area contributed by atoms with Gasteiger partial charge in [0.15, 0.2) is 0 Å². The average Bonchev–Trinajstić information content (AvgIpc) is 3.62. The number of nitrogens with one attached hydrogen (secondary N) is 1. The quantitative estimate of drug-likeness (QED) is 0.146. The van der Waals surface area contributed by atoms with E-state index in [-0.39, 0.29) is 22.5 Å². The van der Waals surface area contributed by atoms with Crippen molar-refractivity contribution in [3.63, 3.8) is 0 Å². The van der Waals surface area contributed by atoms with Crippen molar-refractivity contribution in [1.29, 1.82) is 0 Å². The van der Waals surface area contributed by atoms with Gasteiger partial charge in [-0.1, -0.05) is 67.9 Å². The molecule has 15 heteroatoms. The van der Waals surface area contributed by atoms with Crippen LogP contribution >= 0.6 is 34.5 Å².